The molecule has 2 heterocycles. The Balaban J connectivity index is 1.57. The molecule has 0 N–H and O–H groups in total. The van der Waals surface area contributed by atoms with Gasteiger partial charge in [0.1, 0.15) is 6.07 Å². The first-order chi connectivity index (χ1) is 15.0. The van der Waals surface area contributed by atoms with Gasteiger partial charge in [-0.3, -0.25) is 0 Å². The number of oxazole rings is 1. The molecule has 1 aromatic heterocycles. The fourth-order valence-corrected chi connectivity index (χ4v) is 5.24. The minimum absolute atomic E-state index is 0.193. The van der Waals surface area contributed by atoms with Gasteiger partial charge in [-0.15, -0.1) is 0 Å². The Morgan fingerprint density at radius 2 is 1.74 bits per heavy atom. The number of hydrogen-bond donors (Lipinski definition) is 0. The SMILES string of the molecule is CN(Cc1ccccc1)c1oc(-c2ccc(S(=O)(=O)N3CCCCC3)cc2)nc1C#N. The summed E-state index contributed by atoms with van der Waals surface area (Å²) >= 11 is 0. The molecule has 1 saturated heterocycles. The van der Waals surface area contributed by atoms with Gasteiger partial charge in [-0.25, -0.2) is 8.42 Å². The molecule has 1 aliphatic heterocycles. The molecule has 31 heavy (non-hydrogen) atoms. The van der Waals surface area contributed by atoms with Gasteiger partial charge in [-0.05, 0) is 42.7 Å². The number of rotatable bonds is 6. The molecule has 0 aliphatic carbocycles. The summed E-state index contributed by atoms with van der Waals surface area (Å²) in [5.74, 6) is 0.666. The summed E-state index contributed by atoms with van der Waals surface area (Å²) < 4.78 is 33.1. The van der Waals surface area contributed by atoms with Gasteiger partial charge >= 0.3 is 0 Å². The summed E-state index contributed by atoms with van der Waals surface area (Å²) in [6, 6.07) is 18.4. The predicted octanol–water partition coefficient (Wildman–Crippen LogP) is 4.02. The maximum atomic E-state index is 12.8. The van der Waals surface area contributed by atoms with Crippen LogP contribution in [0, 0.1) is 11.3 Å². The van der Waals surface area contributed by atoms with E-state index in [0.29, 0.717) is 31.1 Å². The Bertz CT molecular complexity index is 1180. The largest absolute Gasteiger partial charge is 0.419 e. The van der Waals surface area contributed by atoms with E-state index in [1.807, 2.05) is 42.3 Å². The lowest BCUT2D eigenvalue weighted by atomic mass is 10.2. The average molecular weight is 437 g/mol. The lowest BCUT2D eigenvalue weighted by Crippen LogP contribution is -2.35. The Kier molecular flexibility index (Phi) is 6.07. The first kappa shape index (κ1) is 21.1. The highest BCUT2D eigenvalue weighted by molar-refractivity contribution is 7.89. The van der Waals surface area contributed by atoms with E-state index in [9.17, 15) is 13.7 Å². The zero-order valence-electron chi connectivity index (χ0n) is 17.4. The first-order valence-corrected chi connectivity index (χ1v) is 11.7. The van der Waals surface area contributed by atoms with E-state index in [1.165, 1.54) is 0 Å². The van der Waals surface area contributed by atoms with Crippen molar-refractivity contribution in [1.82, 2.24) is 9.29 Å². The number of hydrogen-bond acceptors (Lipinski definition) is 6. The molecule has 0 saturated carbocycles. The molecule has 0 amide bonds. The second kappa shape index (κ2) is 8.92. The van der Waals surface area contributed by atoms with Crippen molar-refractivity contribution < 1.29 is 12.8 Å². The Morgan fingerprint density at radius 3 is 2.39 bits per heavy atom. The third-order valence-corrected chi connectivity index (χ3v) is 7.29. The predicted molar refractivity (Wildman–Crippen MR) is 118 cm³/mol. The van der Waals surface area contributed by atoms with Gasteiger partial charge in [0.05, 0.1) is 4.90 Å². The molecule has 2 aromatic carbocycles. The number of piperidine rings is 1. The molecule has 7 nitrogen and oxygen atoms in total. The molecule has 0 unspecified atom stereocenters. The van der Waals surface area contributed by atoms with Crippen molar-refractivity contribution in [3.63, 3.8) is 0 Å². The van der Waals surface area contributed by atoms with Gasteiger partial charge in [0.15, 0.2) is 0 Å². The topological polar surface area (TPSA) is 90.4 Å². The van der Waals surface area contributed by atoms with Crippen LogP contribution in [0.15, 0.2) is 63.9 Å². The van der Waals surface area contributed by atoms with Crippen molar-refractivity contribution in [2.45, 2.75) is 30.7 Å². The lowest BCUT2D eigenvalue weighted by molar-refractivity contribution is 0.346. The molecule has 1 aliphatic rings. The summed E-state index contributed by atoms with van der Waals surface area (Å²) in [5, 5.41) is 9.50. The van der Waals surface area contributed by atoms with Crippen molar-refractivity contribution in [2.24, 2.45) is 0 Å². The van der Waals surface area contributed by atoms with Crippen molar-refractivity contribution in [3.05, 3.63) is 65.9 Å². The maximum Gasteiger partial charge on any atom is 0.243 e. The van der Waals surface area contributed by atoms with Gasteiger partial charge in [0, 0.05) is 32.2 Å². The number of benzene rings is 2. The molecule has 0 atom stereocenters. The van der Waals surface area contributed by atoms with Crippen LogP contribution in [0.5, 0.6) is 0 Å². The highest BCUT2D eigenvalue weighted by Gasteiger charge is 2.26. The van der Waals surface area contributed by atoms with Crippen molar-refractivity contribution in [2.75, 3.05) is 25.0 Å². The maximum absolute atomic E-state index is 12.8. The zero-order valence-corrected chi connectivity index (χ0v) is 18.2. The Labute approximate surface area is 182 Å². The molecule has 1 fully saturated rings. The van der Waals surface area contributed by atoms with Crippen LogP contribution in [0.2, 0.25) is 0 Å². The summed E-state index contributed by atoms with van der Waals surface area (Å²) in [6.45, 7) is 1.69. The van der Waals surface area contributed by atoms with Gasteiger partial charge in [-0.1, -0.05) is 36.8 Å². The number of nitrogens with zero attached hydrogens (tertiary/aromatic N) is 4. The van der Waals surface area contributed by atoms with E-state index in [1.54, 1.807) is 28.6 Å². The molecule has 0 spiro atoms. The molecule has 8 heteroatoms. The van der Waals surface area contributed by atoms with Crippen molar-refractivity contribution >= 4 is 15.9 Å². The van der Waals surface area contributed by atoms with Crippen LogP contribution in [0.1, 0.15) is 30.5 Å². The smallest absolute Gasteiger partial charge is 0.243 e. The Morgan fingerprint density at radius 1 is 1.06 bits per heavy atom. The van der Waals surface area contributed by atoms with E-state index in [-0.39, 0.29) is 16.5 Å². The lowest BCUT2D eigenvalue weighted by Gasteiger charge is -2.25. The Hall–Kier alpha value is -3.15. The number of nitriles is 1. The standard InChI is InChI=1S/C23H24N4O3S/c1-26(17-18-8-4-2-5-9-18)23-21(16-24)25-22(30-23)19-10-12-20(13-11-19)31(28,29)27-14-6-3-7-15-27/h2,4-5,8-13H,3,6-7,14-15,17H2,1H3. The molecule has 4 rings (SSSR count). The highest BCUT2D eigenvalue weighted by Crippen LogP contribution is 2.30. The summed E-state index contributed by atoms with van der Waals surface area (Å²) in [6.07, 6.45) is 2.85. The van der Waals surface area contributed by atoms with E-state index in [4.69, 9.17) is 4.42 Å². The quantitative estimate of drug-likeness (QED) is 0.580. The summed E-state index contributed by atoms with van der Waals surface area (Å²) in [7, 11) is -1.66. The van der Waals surface area contributed by atoms with Crippen LogP contribution in [-0.4, -0.2) is 37.8 Å². The van der Waals surface area contributed by atoms with E-state index in [0.717, 1.165) is 24.8 Å². The molecule has 0 radical (unpaired) electrons. The highest BCUT2D eigenvalue weighted by atomic mass is 32.2. The summed E-state index contributed by atoms with van der Waals surface area (Å²) in [4.78, 5) is 6.40. The fraction of sp³-hybridized carbons (Fsp3) is 0.304. The van der Waals surface area contributed by atoms with Crippen LogP contribution in [-0.2, 0) is 16.6 Å². The third kappa shape index (κ3) is 4.48. The van der Waals surface area contributed by atoms with Gasteiger partial charge in [0.25, 0.3) is 0 Å². The average Bonchev–Trinajstić information content (AvgIpc) is 3.25. The fourth-order valence-electron chi connectivity index (χ4n) is 3.72. The normalized spacial score (nSPS) is 14.8. The second-order valence-electron chi connectivity index (χ2n) is 7.62. The molecule has 0 bridgehead atoms. The van der Waals surface area contributed by atoms with Gasteiger partial charge in [0.2, 0.25) is 27.5 Å². The van der Waals surface area contributed by atoms with Crippen LogP contribution in [0.25, 0.3) is 11.5 Å². The molecular formula is C23H24N4O3S. The number of sulfonamides is 1. The third-order valence-electron chi connectivity index (χ3n) is 5.38. The molecule has 3 aromatic rings. The monoisotopic (exact) mass is 436 g/mol. The number of aromatic nitrogens is 1. The van der Waals surface area contributed by atoms with E-state index in [2.05, 4.69) is 11.1 Å². The number of anilines is 1. The zero-order chi connectivity index (χ0) is 21.8. The van der Waals surface area contributed by atoms with Crippen LogP contribution < -0.4 is 4.90 Å². The van der Waals surface area contributed by atoms with Gasteiger partial charge < -0.3 is 9.32 Å². The van der Waals surface area contributed by atoms with Crippen LogP contribution in [0.4, 0.5) is 5.88 Å². The minimum atomic E-state index is -3.49. The second-order valence-corrected chi connectivity index (χ2v) is 9.55. The van der Waals surface area contributed by atoms with E-state index < -0.39 is 10.0 Å². The molecular weight excluding hydrogens is 412 g/mol. The van der Waals surface area contributed by atoms with Crippen LogP contribution >= 0.6 is 0 Å². The minimum Gasteiger partial charge on any atom is -0.419 e. The van der Waals surface area contributed by atoms with Crippen molar-refractivity contribution in [1.29, 1.82) is 5.26 Å². The molecule has 160 valence electrons. The van der Waals surface area contributed by atoms with E-state index >= 15 is 0 Å². The summed E-state index contributed by atoms with van der Waals surface area (Å²) in [5.41, 5.74) is 1.89. The first-order valence-electron chi connectivity index (χ1n) is 10.3. The van der Waals surface area contributed by atoms with Crippen molar-refractivity contribution in [3.8, 4) is 17.5 Å². The van der Waals surface area contributed by atoms with Crippen LogP contribution in [0.3, 0.4) is 0 Å². The van der Waals surface area contributed by atoms with Gasteiger partial charge in [-0.2, -0.15) is 14.6 Å².